The summed E-state index contributed by atoms with van der Waals surface area (Å²) in [6.45, 7) is 6.14. The van der Waals surface area contributed by atoms with Crippen molar-refractivity contribution in [3.63, 3.8) is 0 Å². The van der Waals surface area contributed by atoms with Crippen LogP contribution in [0.4, 0.5) is 0 Å². The van der Waals surface area contributed by atoms with Crippen molar-refractivity contribution in [3.8, 4) is 17.2 Å². The molecule has 2 heterocycles. The smallest absolute Gasteiger partial charge is 0.238 e. The Kier molecular flexibility index (Phi) is 5.95. The monoisotopic (exact) mass is 409 g/mol. The van der Waals surface area contributed by atoms with Crippen LogP contribution >= 0.6 is 0 Å². The van der Waals surface area contributed by atoms with E-state index < -0.39 is 0 Å². The highest BCUT2D eigenvalue weighted by Crippen LogP contribution is 2.44. The number of hydrogen-bond acceptors (Lipinski definition) is 5. The van der Waals surface area contributed by atoms with E-state index in [0.717, 1.165) is 40.3 Å². The van der Waals surface area contributed by atoms with Crippen LogP contribution in [-0.2, 0) is 9.53 Å². The highest BCUT2D eigenvalue weighted by atomic mass is 16.7. The molecule has 0 N–H and O–H groups in total. The Labute approximate surface area is 177 Å². The molecule has 2 aliphatic heterocycles. The molecule has 0 radical (unpaired) electrons. The van der Waals surface area contributed by atoms with E-state index in [1.807, 2.05) is 61.2 Å². The lowest BCUT2D eigenvalue weighted by Gasteiger charge is -2.22. The summed E-state index contributed by atoms with van der Waals surface area (Å²) in [5, 5.41) is 0. The van der Waals surface area contributed by atoms with E-state index in [-0.39, 0.29) is 18.6 Å². The fourth-order valence-corrected chi connectivity index (χ4v) is 4.11. The zero-order chi connectivity index (χ0) is 21.1. The highest BCUT2D eigenvalue weighted by molar-refractivity contribution is 6.01. The summed E-state index contributed by atoms with van der Waals surface area (Å²) in [6.07, 6.45) is 0.778. The largest absolute Gasteiger partial charge is 0.497 e. The SMILES string of the molecule is CCOCCCN1C(=O)C(c2ccc3c(c2)OCO3)C(C)=C1c1ccc(OC)cc1. The van der Waals surface area contributed by atoms with E-state index in [9.17, 15) is 4.79 Å². The maximum absolute atomic E-state index is 13.5. The Bertz CT molecular complexity index is 951. The van der Waals surface area contributed by atoms with Gasteiger partial charge in [-0.2, -0.15) is 0 Å². The molecule has 2 aromatic carbocycles. The predicted molar refractivity (Wildman–Crippen MR) is 114 cm³/mol. The van der Waals surface area contributed by atoms with Crippen molar-refractivity contribution < 1.29 is 23.7 Å². The minimum atomic E-state index is -0.344. The molecular formula is C24H27NO5. The fourth-order valence-electron chi connectivity index (χ4n) is 4.11. The van der Waals surface area contributed by atoms with Crippen molar-refractivity contribution in [2.24, 2.45) is 0 Å². The summed E-state index contributed by atoms with van der Waals surface area (Å²) in [4.78, 5) is 15.4. The third kappa shape index (κ3) is 3.75. The number of fused-ring (bicyclic) bond motifs is 1. The van der Waals surface area contributed by atoms with Gasteiger partial charge in [0.1, 0.15) is 5.75 Å². The highest BCUT2D eigenvalue weighted by Gasteiger charge is 2.39. The van der Waals surface area contributed by atoms with Gasteiger partial charge < -0.3 is 23.8 Å². The third-order valence-corrected chi connectivity index (χ3v) is 5.56. The number of rotatable bonds is 8. The summed E-state index contributed by atoms with van der Waals surface area (Å²) in [5.74, 6) is 1.93. The minimum Gasteiger partial charge on any atom is -0.497 e. The van der Waals surface area contributed by atoms with Gasteiger partial charge in [0.25, 0.3) is 0 Å². The molecule has 0 bridgehead atoms. The third-order valence-electron chi connectivity index (χ3n) is 5.56. The molecule has 30 heavy (non-hydrogen) atoms. The topological polar surface area (TPSA) is 57.2 Å². The zero-order valence-electron chi connectivity index (χ0n) is 17.6. The summed E-state index contributed by atoms with van der Waals surface area (Å²) >= 11 is 0. The molecule has 0 spiro atoms. The van der Waals surface area contributed by atoms with E-state index in [1.165, 1.54) is 0 Å². The molecular weight excluding hydrogens is 382 g/mol. The van der Waals surface area contributed by atoms with Crippen LogP contribution in [0.3, 0.4) is 0 Å². The summed E-state index contributed by atoms with van der Waals surface area (Å²) < 4.78 is 21.7. The van der Waals surface area contributed by atoms with Crippen molar-refractivity contribution in [1.29, 1.82) is 0 Å². The zero-order valence-corrected chi connectivity index (χ0v) is 17.6. The molecule has 0 aromatic heterocycles. The van der Waals surface area contributed by atoms with Gasteiger partial charge >= 0.3 is 0 Å². The molecule has 2 aliphatic rings. The summed E-state index contributed by atoms with van der Waals surface area (Å²) in [7, 11) is 1.65. The first kappa shape index (κ1) is 20.3. The van der Waals surface area contributed by atoms with Gasteiger partial charge in [0.15, 0.2) is 11.5 Å². The van der Waals surface area contributed by atoms with Gasteiger partial charge in [0.2, 0.25) is 12.7 Å². The van der Waals surface area contributed by atoms with Crippen molar-refractivity contribution in [2.45, 2.75) is 26.2 Å². The number of carbonyl (C=O) groups excluding carboxylic acids is 1. The molecule has 0 saturated carbocycles. The van der Waals surface area contributed by atoms with Gasteiger partial charge in [-0.1, -0.05) is 6.07 Å². The van der Waals surface area contributed by atoms with Crippen LogP contribution in [0, 0.1) is 0 Å². The van der Waals surface area contributed by atoms with Gasteiger partial charge in [-0.3, -0.25) is 4.79 Å². The van der Waals surface area contributed by atoms with E-state index in [4.69, 9.17) is 18.9 Å². The van der Waals surface area contributed by atoms with E-state index in [0.29, 0.717) is 25.5 Å². The van der Waals surface area contributed by atoms with E-state index in [1.54, 1.807) is 7.11 Å². The van der Waals surface area contributed by atoms with E-state index in [2.05, 4.69) is 0 Å². The Hall–Kier alpha value is -2.99. The molecule has 2 aromatic rings. The number of ether oxygens (including phenoxy) is 4. The molecule has 0 fully saturated rings. The minimum absolute atomic E-state index is 0.0775. The maximum atomic E-state index is 13.5. The van der Waals surface area contributed by atoms with Crippen LogP contribution < -0.4 is 14.2 Å². The average Bonchev–Trinajstić information content (AvgIpc) is 3.33. The van der Waals surface area contributed by atoms with Crippen LogP contribution in [-0.4, -0.2) is 44.5 Å². The molecule has 1 amide bonds. The second kappa shape index (κ2) is 8.79. The van der Waals surface area contributed by atoms with Crippen LogP contribution in [0.5, 0.6) is 17.2 Å². The normalized spacial score (nSPS) is 17.8. The van der Waals surface area contributed by atoms with Crippen molar-refractivity contribution >= 4 is 11.6 Å². The molecule has 1 atom stereocenters. The molecule has 4 rings (SSSR count). The predicted octanol–water partition coefficient (Wildman–Crippen LogP) is 4.21. The van der Waals surface area contributed by atoms with E-state index >= 15 is 0 Å². The first-order valence-electron chi connectivity index (χ1n) is 10.3. The number of amides is 1. The van der Waals surface area contributed by atoms with Crippen LogP contribution in [0.2, 0.25) is 0 Å². The van der Waals surface area contributed by atoms with Gasteiger partial charge in [0.05, 0.1) is 18.7 Å². The molecule has 1 unspecified atom stereocenters. The summed E-state index contributed by atoms with van der Waals surface area (Å²) in [5.41, 5.74) is 3.91. The Morgan fingerprint density at radius 2 is 1.87 bits per heavy atom. The first-order chi connectivity index (χ1) is 14.6. The van der Waals surface area contributed by atoms with Crippen LogP contribution in [0.15, 0.2) is 48.0 Å². The van der Waals surface area contributed by atoms with Gasteiger partial charge in [0, 0.05) is 19.8 Å². The fraction of sp³-hybridized carbons (Fsp3) is 0.375. The molecule has 158 valence electrons. The summed E-state index contributed by atoms with van der Waals surface area (Å²) in [6, 6.07) is 13.6. The van der Waals surface area contributed by atoms with Crippen molar-refractivity contribution in [1.82, 2.24) is 4.90 Å². The standard InChI is InChI=1S/C24H27NO5/c1-4-28-13-5-12-25-23(17-6-9-19(27-3)10-7-17)16(2)22(24(25)26)18-8-11-20-21(14-18)30-15-29-20/h6-11,14,22H,4-5,12-13,15H2,1-3H3. The Balaban J connectivity index is 1.69. The first-order valence-corrected chi connectivity index (χ1v) is 10.3. The van der Waals surface area contributed by atoms with Gasteiger partial charge in [-0.05, 0) is 73.4 Å². The van der Waals surface area contributed by atoms with Gasteiger partial charge in [-0.25, -0.2) is 0 Å². The Morgan fingerprint density at radius 1 is 1.10 bits per heavy atom. The lowest BCUT2D eigenvalue weighted by atomic mass is 9.91. The van der Waals surface area contributed by atoms with Crippen molar-refractivity contribution in [2.75, 3.05) is 33.7 Å². The number of nitrogens with zero attached hydrogens (tertiary/aromatic N) is 1. The molecule has 0 aliphatic carbocycles. The van der Waals surface area contributed by atoms with Gasteiger partial charge in [-0.15, -0.1) is 0 Å². The second-order valence-electron chi connectivity index (χ2n) is 7.35. The second-order valence-corrected chi connectivity index (χ2v) is 7.35. The molecule has 0 saturated heterocycles. The average molecular weight is 409 g/mol. The lowest BCUT2D eigenvalue weighted by Crippen LogP contribution is -2.29. The molecule has 6 nitrogen and oxygen atoms in total. The van der Waals surface area contributed by atoms with Crippen LogP contribution in [0.1, 0.15) is 37.3 Å². The number of methoxy groups -OCH3 is 1. The Morgan fingerprint density at radius 3 is 2.60 bits per heavy atom. The van der Waals surface area contributed by atoms with Crippen molar-refractivity contribution in [3.05, 3.63) is 59.2 Å². The molecule has 6 heteroatoms. The lowest BCUT2D eigenvalue weighted by molar-refractivity contribution is -0.127. The quantitative estimate of drug-likeness (QED) is 0.612. The number of carbonyl (C=O) groups is 1. The number of benzene rings is 2. The number of hydrogen-bond donors (Lipinski definition) is 0. The maximum Gasteiger partial charge on any atom is 0.238 e. The van der Waals surface area contributed by atoms with Crippen LogP contribution in [0.25, 0.3) is 5.70 Å².